The van der Waals surface area contributed by atoms with Crippen LogP contribution in [-0.4, -0.2) is 33.7 Å². The van der Waals surface area contributed by atoms with Gasteiger partial charge in [0.2, 0.25) is 15.9 Å². The Labute approximate surface area is 145 Å². The fourth-order valence-corrected chi connectivity index (χ4v) is 3.07. The van der Waals surface area contributed by atoms with Crippen molar-refractivity contribution in [2.45, 2.75) is 6.42 Å². The molecule has 0 bridgehead atoms. The van der Waals surface area contributed by atoms with E-state index in [0.29, 0.717) is 13.0 Å². The smallest absolute Gasteiger partial charge is 0.240 e. The van der Waals surface area contributed by atoms with E-state index in [-0.39, 0.29) is 5.69 Å². The zero-order valence-corrected chi connectivity index (χ0v) is 14.4. The largest absolute Gasteiger partial charge is 0.354 e. The number of amides is 1. The van der Waals surface area contributed by atoms with Crippen LogP contribution in [0.25, 0.3) is 0 Å². The van der Waals surface area contributed by atoms with E-state index in [1.807, 2.05) is 30.3 Å². The van der Waals surface area contributed by atoms with Crippen molar-refractivity contribution in [3.63, 3.8) is 0 Å². The van der Waals surface area contributed by atoms with Gasteiger partial charge in [0.1, 0.15) is 6.54 Å². The average molecular weight is 368 g/mol. The summed E-state index contributed by atoms with van der Waals surface area (Å²) >= 11 is 0. The number of benzene rings is 2. The Morgan fingerprint density at radius 2 is 1.76 bits per heavy atom. The first-order valence-electron chi connectivity index (χ1n) is 7.51. The normalized spacial score (nSPS) is 11.2. The van der Waals surface area contributed by atoms with Gasteiger partial charge in [-0.1, -0.05) is 30.3 Å². The quantitative estimate of drug-likeness (QED) is 0.814. The molecule has 8 heteroatoms. The maximum Gasteiger partial charge on any atom is 0.240 e. The number of anilines is 1. The topological polar surface area (TPSA) is 66.5 Å². The van der Waals surface area contributed by atoms with Crippen LogP contribution in [0.15, 0.2) is 48.5 Å². The van der Waals surface area contributed by atoms with Crippen LogP contribution in [0.5, 0.6) is 0 Å². The molecule has 0 aliphatic heterocycles. The number of rotatable bonds is 7. The number of sulfonamides is 1. The predicted octanol–water partition coefficient (Wildman–Crippen LogP) is 2.09. The van der Waals surface area contributed by atoms with Crippen LogP contribution >= 0.6 is 0 Å². The number of hydrogen-bond acceptors (Lipinski definition) is 3. The number of nitrogens with zero attached hydrogens (tertiary/aromatic N) is 1. The lowest BCUT2D eigenvalue weighted by atomic mass is 10.1. The van der Waals surface area contributed by atoms with Gasteiger partial charge in [0.05, 0.1) is 11.9 Å². The summed E-state index contributed by atoms with van der Waals surface area (Å²) in [7, 11) is -3.84. The summed E-state index contributed by atoms with van der Waals surface area (Å²) in [6.07, 6.45) is 1.49. The van der Waals surface area contributed by atoms with E-state index < -0.39 is 34.1 Å². The lowest BCUT2D eigenvalue weighted by molar-refractivity contribution is -0.119. The van der Waals surface area contributed by atoms with Crippen molar-refractivity contribution in [1.82, 2.24) is 5.32 Å². The molecule has 0 saturated heterocycles. The Morgan fingerprint density at radius 1 is 1.08 bits per heavy atom. The fourth-order valence-electron chi connectivity index (χ4n) is 2.22. The second-order valence-corrected chi connectivity index (χ2v) is 7.36. The van der Waals surface area contributed by atoms with Gasteiger partial charge in [-0.15, -0.1) is 0 Å². The number of hydrogen-bond donors (Lipinski definition) is 1. The Balaban J connectivity index is 2.02. The number of carbonyl (C=O) groups excluding carboxylic acids is 1. The molecular formula is C17H18F2N2O3S. The van der Waals surface area contributed by atoms with E-state index >= 15 is 0 Å². The van der Waals surface area contributed by atoms with E-state index in [2.05, 4.69) is 5.32 Å². The summed E-state index contributed by atoms with van der Waals surface area (Å²) in [5.74, 6) is -2.81. The zero-order valence-electron chi connectivity index (χ0n) is 13.6. The molecule has 0 fully saturated rings. The monoisotopic (exact) mass is 368 g/mol. The molecule has 0 heterocycles. The summed E-state index contributed by atoms with van der Waals surface area (Å²) in [4.78, 5) is 12.0. The van der Waals surface area contributed by atoms with Gasteiger partial charge in [0, 0.05) is 12.6 Å². The van der Waals surface area contributed by atoms with Gasteiger partial charge in [-0.3, -0.25) is 9.10 Å². The number of nitrogens with one attached hydrogen (secondary N) is 1. The molecule has 0 spiro atoms. The minimum Gasteiger partial charge on any atom is -0.354 e. The molecular weight excluding hydrogens is 350 g/mol. The van der Waals surface area contributed by atoms with Crippen LogP contribution in [0, 0.1) is 11.6 Å². The summed E-state index contributed by atoms with van der Waals surface area (Å²) in [6, 6.07) is 12.1. The predicted molar refractivity (Wildman–Crippen MR) is 91.7 cm³/mol. The standard InChI is InChI=1S/C17H18F2N2O3S/c1-25(23,24)21(14-7-8-15(18)16(19)11-14)12-17(22)20-10-9-13-5-3-2-4-6-13/h2-8,11H,9-10,12H2,1H3,(H,20,22). The maximum absolute atomic E-state index is 13.4. The molecule has 0 atom stereocenters. The minimum atomic E-state index is -3.84. The Bertz CT molecular complexity index is 842. The van der Waals surface area contributed by atoms with Gasteiger partial charge in [-0.2, -0.15) is 0 Å². The third-order valence-corrected chi connectivity index (χ3v) is 4.60. The molecule has 0 aliphatic carbocycles. The molecule has 0 saturated carbocycles. The van der Waals surface area contributed by atoms with Gasteiger partial charge in [0.25, 0.3) is 0 Å². The van der Waals surface area contributed by atoms with Gasteiger partial charge in [-0.05, 0) is 24.1 Å². The fraction of sp³-hybridized carbons (Fsp3) is 0.235. The molecule has 1 N–H and O–H groups in total. The molecule has 1 amide bonds. The van der Waals surface area contributed by atoms with E-state index in [1.165, 1.54) is 0 Å². The minimum absolute atomic E-state index is 0.111. The summed E-state index contributed by atoms with van der Waals surface area (Å²) in [5.41, 5.74) is 0.919. The van der Waals surface area contributed by atoms with Crippen LogP contribution in [-0.2, 0) is 21.2 Å². The van der Waals surface area contributed by atoms with Gasteiger partial charge < -0.3 is 5.32 Å². The van der Waals surface area contributed by atoms with Crippen LogP contribution < -0.4 is 9.62 Å². The van der Waals surface area contributed by atoms with Crippen molar-refractivity contribution in [3.8, 4) is 0 Å². The summed E-state index contributed by atoms with van der Waals surface area (Å²) in [5, 5.41) is 2.62. The number of carbonyl (C=O) groups is 1. The highest BCUT2D eigenvalue weighted by Gasteiger charge is 2.21. The molecule has 0 aromatic heterocycles. The molecule has 5 nitrogen and oxygen atoms in total. The first-order chi connectivity index (χ1) is 11.8. The summed E-state index contributed by atoms with van der Waals surface area (Å²) < 4.78 is 50.9. The van der Waals surface area contributed by atoms with E-state index in [1.54, 1.807) is 0 Å². The molecule has 25 heavy (non-hydrogen) atoms. The molecule has 0 aliphatic rings. The maximum atomic E-state index is 13.4. The molecule has 134 valence electrons. The van der Waals surface area contributed by atoms with E-state index in [9.17, 15) is 22.0 Å². The number of halogens is 2. The van der Waals surface area contributed by atoms with E-state index in [4.69, 9.17) is 0 Å². The molecule has 2 rings (SSSR count). The van der Waals surface area contributed by atoms with Gasteiger partial charge in [0.15, 0.2) is 11.6 Å². The average Bonchev–Trinajstić information content (AvgIpc) is 2.55. The lowest BCUT2D eigenvalue weighted by Crippen LogP contribution is -2.41. The molecule has 2 aromatic rings. The first-order valence-corrected chi connectivity index (χ1v) is 9.35. The second kappa shape index (κ2) is 8.06. The second-order valence-electron chi connectivity index (χ2n) is 5.45. The van der Waals surface area contributed by atoms with Crippen LogP contribution in [0.1, 0.15) is 5.56 Å². The van der Waals surface area contributed by atoms with Gasteiger partial charge >= 0.3 is 0 Å². The van der Waals surface area contributed by atoms with E-state index in [0.717, 1.165) is 34.3 Å². The zero-order chi connectivity index (χ0) is 18.4. The Morgan fingerprint density at radius 3 is 2.36 bits per heavy atom. The Hall–Kier alpha value is -2.48. The van der Waals surface area contributed by atoms with Crippen molar-refractivity contribution in [3.05, 3.63) is 65.7 Å². The molecule has 2 aromatic carbocycles. The SMILES string of the molecule is CS(=O)(=O)N(CC(=O)NCCc1ccccc1)c1ccc(F)c(F)c1. The molecule has 0 radical (unpaired) electrons. The lowest BCUT2D eigenvalue weighted by Gasteiger charge is -2.22. The van der Waals surface area contributed by atoms with Crippen molar-refractivity contribution in [1.29, 1.82) is 0 Å². The molecule has 0 unspecified atom stereocenters. The summed E-state index contributed by atoms with van der Waals surface area (Å²) in [6.45, 7) is -0.184. The first kappa shape index (κ1) is 18.9. The Kier molecular flexibility index (Phi) is 6.08. The van der Waals surface area contributed by atoms with Crippen LogP contribution in [0.3, 0.4) is 0 Å². The van der Waals surface area contributed by atoms with Gasteiger partial charge in [-0.25, -0.2) is 17.2 Å². The highest BCUT2D eigenvalue weighted by Crippen LogP contribution is 2.20. The van der Waals surface area contributed by atoms with Crippen LogP contribution in [0.4, 0.5) is 14.5 Å². The van der Waals surface area contributed by atoms with Crippen molar-refractivity contribution >= 4 is 21.6 Å². The van der Waals surface area contributed by atoms with Crippen molar-refractivity contribution in [2.75, 3.05) is 23.7 Å². The van der Waals surface area contributed by atoms with Crippen LogP contribution in [0.2, 0.25) is 0 Å². The highest BCUT2D eigenvalue weighted by atomic mass is 32.2. The highest BCUT2D eigenvalue weighted by molar-refractivity contribution is 7.92. The van der Waals surface area contributed by atoms with Crippen molar-refractivity contribution < 1.29 is 22.0 Å². The third-order valence-electron chi connectivity index (χ3n) is 3.46. The van der Waals surface area contributed by atoms with Crippen molar-refractivity contribution in [2.24, 2.45) is 0 Å². The third kappa shape index (κ3) is 5.53.